The number of fused-ring (bicyclic) bond motifs is 1. The van der Waals surface area contributed by atoms with Crippen molar-refractivity contribution in [2.45, 2.75) is 5.41 Å². The summed E-state index contributed by atoms with van der Waals surface area (Å²) in [5.74, 6) is 0.385. The largest absolute Gasteiger partial charge is 0.497 e. The maximum Gasteiger partial charge on any atom is 0.324 e. The topological polar surface area (TPSA) is 35.5 Å². The Kier molecular flexibility index (Phi) is 4.02. The first-order chi connectivity index (χ1) is 11.2. The van der Waals surface area contributed by atoms with Crippen LogP contribution in [0.2, 0.25) is 0 Å². The zero-order valence-corrected chi connectivity index (χ0v) is 13.2. The van der Waals surface area contributed by atoms with E-state index in [-0.39, 0.29) is 5.97 Å². The summed E-state index contributed by atoms with van der Waals surface area (Å²) in [6, 6.07) is 7.51. The molecule has 3 nitrogen and oxygen atoms in total. The quantitative estimate of drug-likeness (QED) is 0.800. The SMILES string of the molecule is COC(=O)C1(c2cccc(OC)c2)C=CC2=CC=CC=CC2=C1. The molecule has 0 heterocycles. The van der Waals surface area contributed by atoms with Crippen LogP contribution in [0.5, 0.6) is 5.75 Å². The molecule has 23 heavy (non-hydrogen) atoms. The number of benzene rings is 1. The van der Waals surface area contributed by atoms with E-state index in [1.807, 2.05) is 72.9 Å². The van der Waals surface area contributed by atoms with Gasteiger partial charge < -0.3 is 9.47 Å². The lowest BCUT2D eigenvalue weighted by Gasteiger charge is -2.29. The minimum Gasteiger partial charge on any atom is -0.497 e. The second-order valence-corrected chi connectivity index (χ2v) is 5.39. The Bertz CT molecular complexity index is 778. The fourth-order valence-corrected chi connectivity index (χ4v) is 2.85. The summed E-state index contributed by atoms with van der Waals surface area (Å²) < 4.78 is 10.4. The van der Waals surface area contributed by atoms with Gasteiger partial charge >= 0.3 is 5.97 Å². The smallest absolute Gasteiger partial charge is 0.324 e. The molecule has 116 valence electrons. The van der Waals surface area contributed by atoms with Crippen molar-refractivity contribution in [2.24, 2.45) is 0 Å². The van der Waals surface area contributed by atoms with E-state index in [9.17, 15) is 4.79 Å². The molecule has 1 atom stereocenters. The molecule has 0 saturated carbocycles. The Labute approximate surface area is 135 Å². The van der Waals surface area contributed by atoms with Gasteiger partial charge in [0.2, 0.25) is 0 Å². The molecule has 2 aliphatic rings. The highest BCUT2D eigenvalue weighted by Gasteiger charge is 2.39. The summed E-state index contributed by atoms with van der Waals surface area (Å²) in [7, 11) is 3.02. The molecule has 2 aliphatic carbocycles. The molecule has 0 aliphatic heterocycles. The van der Waals surface area contributed by atoms with Gasteiger partial charge in [-0.15, -0.1) is 0 Å². The lowest BCUT2D eigenvalue weighted by atomic mass is 9.74. The van der Waals surface area contributed by atoms with Crippen LogP contribution in [0.3, 0.4) is 0 Å². The van der Waals surface area contributed by atoms with E-state index in [1.165, 1.54) is 7.11 Å². The van der Waals surface area contributed by atoms with Crippen molar-refractivity contribution >= 4 is 5.97 Å². The van der Waals surface area contributed by atoms with E-state index in [0.717, 1.165) is 16.7 Å². The zero-order valence-electron chi connectivity index (χ0n) is 13.2. The number of hydrogen-bond acceptors (Lipinski definition) is 3. The second kappa shape index (κ2) is 6.13. The monoisotopic (exact) mass is 306 g/mol. The number of hydrogen-bond donors (Lipinski definition) is 0. The van der Waals surface area contributed by atoms with Crippen molar-refractivity contribution in [3.63, 3.8) is 0 Å². The van der Waals surface area contributed by atoms with E-state index in [1.54, 1.807) is 7.11 Å². The first kappa shape index (κ1) is 15.1. The van der Waals surface area contributed by atoms with E-state index >= 15 is 0 Å². The van der Waals surface area contributed by atoms with Crippen molar-refractivity contribution in [1.29, 1.82) is 0 Å². The predicted octanol–water partition coefficient (Wildman–Crippen LogP) is 3.65. The lowest BCUT2D eigenvalue weighted by molar-refractivity contribution is -0.143. The van der Waals surface area contributed by atoms with Crippen LogP contribution in [0.25, 0.3) is 0 Å². The molecular formula is C20H18O3. The summed E-state index contributed by atoms with van der Waals surface area (Å²) in [4.78, 5) is 12.6. The Morgan fingerprint density at radius 3 is 2.70 bits per heavy atom. The third kappa shape index (κ3) is 2.66. The van der Waals surface area contributed by atoms with Crippen LogP contribution in [-0.2, 0) is 14.9 Å². The van der Waals surface area contributed by atoms with Crippen LogP contribution in [0.1, 0.15) is 5.56 Å². The number of carbonyl (C=O) groups excluding carboxylic acids is 1. The molecule has 0 aromatic heterocycles. The van der Waals surface area contributed by atoms with E-state index in [2.05, 4.69) is 0 Å². The maximum atomic E-state index is 12.6. The van der Waals surface area contributed by atoms with Crippen LogP contribution >= 0.6 is 0 Å². The highest BCUT2D eigenvalue weighted by molar-refractivity contribution is 5.90. The van der Waals surface area contributed by atoms with Crippen molar-refractivity contribution in [3.8, 4) is 5.75 Å². The van der Waals surface area contributed by atoms with Gasteiger partial charge in [0.15, 0.2) is 0 Å². The molecular weight excluding hydrogens is 288 g/mol. The van der Waals surface area contributed by atoms with Crippen LogP contribution in [0.15, 0.2) is 84.0 Å². The van der Waals surface area contributed by atoms with E-state index < -0.39 is 5.41 Å². The Morgan fingerprint density at radius 1 is 1.04 bits per heavy atom. The molecule has 0 amide bonds. The summed E-state index contributed by atoms with van der Waals surface area (Å²) in [5.41, 5.74) is 1.92. The van der Waals surface area contributed by atoms with Gasteiger partial charge in [-0.1, -0.05) is 60.7 Å². The zero-order chi connectivity index (χ0) is 16.3. The number of rotatable bonds is 3. The van der Waals surface area contributed by atoms with Gasteiger partial charge in [-0.2, -0.15) is 0 Å². The van der Waals surface area contributed by atoms with Crippen molar-refractivity contribution in [3.05, 3.63) is 89.6 Å². The van der Waals surface area contributed by atoms with Gasteiger partial charge in [0.25, 0.3) is 0 Å². The number of carbonyl (C=O) groups is 1. The Hall–Kier alpha value is -2.81. The summed E-state index contributed by atoms with van der Waals surface area (Å²) in [6.45, 7) is 0. The van der Waals surface area contributed by atoms with E-state index in [0.29, 0.717) is 5.75 Å². The molecule has 0 saturated heterocycles. The Morgan fingerprint density at radius 2 is 1.91 bits per heavy atom. The first-order valence-electron chi connectivity index (χ1n) is 7.40. The molecule has 0 spiro atoms. The van der Waals surface area contributed by atoms with Gasteiger partial charge in [-0.3, -0.25) is 4.79 Å². The van der Waals surface area contributed by atoms with Gasteiger partial charge in [0.05, 0.1) is 14.2 Å². The summed E-state index contributed by atoms with van der Waals surface area (Å²) in [6.07, 6.45) is 15.7. The number of ether oxygens (including phenoxy) is 2. The molecule has 3 rings (SSSR count). The fourth-order valence-electron chi connectivity index (χ4n) is 2.85. The van der Waals surface area contributed by atoms with Gasteiger partial charge in [0, 0.05) is 0 Å². The fraction of sp³-hybridized carbons (Fsp3) is 0.150. The third-order valence-corrected chi connectivity index (χ3v) is 4.09. The first-order valence-corrected chi connectivity index (χ1v) is 7.40. The van der Waals surface area contributed by atoms with Crippen molar-refractivity contribution in [1.82, 2.24) is 0 Å². The van der Waals surface area contributed by atoms with Gasteiger partial charge in [-0.05, 0) is 28.8 Å². The third-order valence-electron chi connectivity index (χ3n) is 4.09. The minimum absolute atomic E-state index is 0.320. The summed E-state index contributed by atoms with van der Waals surface area (Å²) in [5, 5.41) is 0. The predicted molar refractivity (Wildman–Crippen MR) is 90.3 cm³/mol. The maximum absolute atomic E-state index is 12.6. The average molecular weight is 306 g/mol. The highest BCUT2D eigenvalue weighted by atomic mass is 16.5. The second-order valence-electron chi connectivity index (χ2n) is 5.39. The molecule has 1 aromatic rings. The minimum atomic E-state index is -0.954. The van der Waals surface area contributed by atoms with Crippen molar-refractivity contribution < 1.29 is 14.3 Å². The number of esters is 1. The molecule has 0 radical (unpaired) electrons. The van der Waals surface area contributed by atoms with Crippen LogP contribution in [-0.4, -0.2) is 20.2 Å². The lowest BCUT2D eigenvalue weighted by Crippen LogP contribution is -2.34. The molecule has 0 fully saturated rings. The number of methoxy groups -OCH3 is 2. The molecule has 0 N–H and O–H groups in total. The molecule has 3 heteroatoms. The van der Waals surface area contributed by atoms with Gasteiger partial charge in [0.1, 0.15) is 11.2 Å². The number of allylic oxidation sites excluding steroid dienone is 8. The molecule has 1 unspecified atom stereocenters. The summed E-state index contributed by atoms with van der Waals surface area (Å²) >= 11 is 0. The molecule has 0 bridgehead atoms. The average Bonchev–Trinajstić information content (AvgIpc) is 2.85. The standard InChI is InChI=1S/C20H18O3/c1-22-18-10-6-9-17(13-18)20(19(21)23-2)12-11-15-7-4-3-5-8-16(15)14-20/h3-14H,1-2H3. The molecule has 1 aromatic carbocycles. The Balaban J connectivity index is 2.18. The van der Waals surface area contributed by atoms with E-state index in [4.69, 9.17) is 9.47 Å². The van der Waals surface area contributed by atoms with Crippen LogP contribution in [0.4, 0.5) is 0 Å². The van der Waals surface area contributed by atoms with Crippen LogP contribution in [0, 0.1) is 0 Å². The van der Waals surface area contributed by atoms with Gasteiger partial charge in [-0.25, -0.2) is 0 Å². The van der Waals surface area contributed by atoms with Crippen LogP contribution < -0.4 is 4.74 Å². The highest BCUT2D eigenvalue weighted by Crippen LogP contribution is 2.38. The normalized spacial score (nSPS) is 21.8. The van der Waals surface area contributed by atoms with Crippen molar-refractivity contribution in [2.75, 3.05) is 14.2 Å².